The summed E-state index contributed by atoms with van der Waals surface area (Å²) in [7, 11) is 0. The highest BCUT2D eigenvalue weighted by atomic mass is 32.2. The van der Waals surface area contributed by atoms with Crippen LogP contribution in [0.3, 0.4) is 0 Å². The van der Waals surface area contributed by atoms with Crippen LogP contribution < -0.4 is 10.7 Å². The number of amidine groups is 1. The van der Waals surface area contributed by atoms with Crippen molar-refractivity contribution in [3.8, 4) is 0 Å². The number of hydrogen-bond donors (Lipinski definition) is 2. The standard InChI is InChI=1S/C20H23N5OS/c1-2-3-7-13-22-20-25-24-17(15-9-5-4-6-10-15)18(27-20)19(26)23-16-11-8-12-21-14-16/h4-6,8-12,14,18H,2-3,7,13H2,1H3,(H,22,25)(H,23,26)/t18-/m1/s1. The molecule has 0 radical (unpaired) electrons. The Bertz CT molecular complexity index is 808. The van der Waals surface area contributed by atoms with Crippen LogP contribution in [0.5, 0.6) is 0 Å². The quantitative estimate of drug-likeness (QED) is 0.717. The van der Waals surface area contributed by atoms with Gasteiger partial charge in [0.2, 0.25) is 5.91 Å². The Morgan fingerprint density at radius 1 is 1.22 bits per heavy atom. The Morgan fingerprint density at radius 2 is 2.07 bits per heavy atom. The summed E-state index contributed by atoms with van der Waals surface area (Å²) < 4.78 is 0. The summed E-state index contributed by atoms with van der Waals surface area (Å²) in [6.45, 7) is 2.90. The number of unbranched alkanes of at least 4 members (excludes halogenated alkanes) is 2. The number of hydrazone groups is 1. The number of amides is 1. The van der Waals surface area contributed by atoms with Gasteiger partial charge in [-0.05, 0) is 24.1 Å². The number of carbonyl (C=O) groups is 1. The zero-order chi connectivity index (χ0) is 18.9. The summed E-state index contributed by atoms with van der Waals surface area (Å²) in [4.78, 5) is 21.6. The summed E-state index contributed by atoms with van der Waals surface area (Å²) >= 11 is 1.40. The van der Waals surface area contributed by atoms with Gasteiger partial charge in [-0.15, -0.1) is 0 Å². The number of nitrogens with zero attached hydrogens (tertiary/aromatic N) is 3. The number of pyridine rings is 1. The molecule has 0 bridgehead atoms. The fourth-order valence-electron chi connectivity index (χ4n) is 2.62. The van der Waals surface area contributed by atoms with Crippen LogP contribution in [0.2, 0.25) is 0 Å². The predicted octanol–water partition coefficient (Wildman–Crippen LogP) is 3.68. The molecule has 2 N–H and O–H groups in total. The molecule has 0 spiro atoms. The molecule has 1 aromatic heterocycles. The van der Waals surface area contributed by atoms with Crippen molar-refractivity contribution < 1.29 is 4.79 Å². The highest BCUT2D eigenvalue weighted by molar-refractivity contribution is 8.15. The van der Waals surface area contributed by atoms with Gasteiger partial charge in [0.05, 0.1) is 17.6 Å². The van der Waals surface area contributed by atoms with Crippen LogP contribution in [-0.2, 0) is 4.79 Å². The number of aromatic nitrogens is 1. The van der Waals surface area contributed by atoms with E-state index in [0.717, 1.165) is 31.4 Å². The molecule has 0 unspecified atom stereocenters. The van der Waals surface area contributed by atoms with Gasteiger partial charge < -0.3 is 5.32 Å². The van der Waals surface area contributed by atoms with Crippen molar-refractivity contribution in [1.29, 1.82) is 0 Å². The van der Waals surface area contributed by atoms with Crippen LogP contribution in [0.4, 0.5) is 5.69 Å². The van der Waals surface area contributed by atoms with Gasteiger partial charge in [0.15, 0.2) is 5.17 Å². The van der Waals surface area contributed by atoms with E-state index in [9.17, 15) is 4.79 Å². The van der Waals surface area contributed by atoms with Crippen molar-refractivity contribution in [2.24, 2.45) is 10.1 Å². The molecule has 1 aromatic carbocycles. The van der Waals surface area contributed by atoms with Gasteiger partial charge in [-0.3, -0.25) is 20.2 Å². The number of carbonyl (C=O) groups excluding carboxylic acids is 1. The molecule has 0 aliphatic carbocycles. The number of aliphatic imine (C=N–C) groups is 1. The van der Waals surface area contributed by atoms with E-state index in [4.69, 9.17) is 0 Å². The van der Waals surface area contributed by atoms with Crippen molar-refractivity contribution in [2.75, 3.05) is 11.9 Å². The van der Waals surface area contributed by atoms with E-state index in [1.54, 1.807) is 18.5 Å². The maximum absolute atomic E-state index is 12.9. The summed E-state index contributed by atoms with van der Waals surface area (Å²) in [5.41, 5.74) is 5.26. The Labute approximate surface area is 163 Å². The highest BCUT2D eigenvalue weighted by Crippen LogP contribution is 2.24. The number of rotatable bonds is 7. The second-order valence-electron chi connectivity index (χ2n) is 6.10. The summed E-state index contributed by atoms with van der Waals surface area (Å²) in [5, 5.41) is 7.58. The first kappa shape index (κ1) is 19.1. The van der Waals surface area contributed by atoms with Gasteiger partial charge in [-0.2, -0.15) is 5.10 Å². The normalized spacial score (nSPS) is 17.9. The Kier molecular flexibility index (Phi) is 6.98. The summed E-state index contributed by atoms with van der Waals surface area (Å²) in [5.74, 6) is -0.140. The number of anilines is 1. The minimum absolute atomic E-state index is 0.140. The molecule has 6 nitrogen and oxygen atoms in total. The first-order chi connectivity index (χ1) is 13.3. The van der Waals surface area contributed by atoms with Crippen molar-refractivity contribution in [2.45, 2.75) is 31.4 Å². The third-order valence-electron chi connectivity index (χ3n) is 4.00. The Hall–Kier alpha value is -2.67. The molecule has 2 aromatic rings. The molecule has 3 rings (SSSR count). The lowest BCUT2D eigenvalue weighted by atomic mass is 10.1. The fourth-order valence-corrected chi connectivity index (χ4v) is 3.58. The molecular weight excluding hydrogens is 358 g/mol. The number of thioether (sulfide) groups is 1. The third kappa shape index (κ3) is 5.40. The van der Waals surface area contributed by atoms with Crippen molar-refractivity contribution in [1.82, 2.24) is 10.4 Å². The van der Waals surface area contributed by atoms with E-state index in [1.165, 1.54) is 11.8 Å². The second kappa shape index (κ2) is 9.87. The third-order valence-corrected chi connectivity index (χ3v) is 5.12. The van der Waals surface area contributed by atoms with Gasteiger partial charge in [0, 0.05) is 12.7 Å². The molecule has 0 saturated carbocycles. The largest absolute Gasteiger partial charge is 0.323 e. The van der Waals surface area contributed by atoms with Crippen LogP contribution in [-0.4, -0.2) is 33.6 Å². The van der Waals surface area contributed by atoms with E-state index in [2.05, 4.69) is 32.7 Å². The molecule has 0 saturated heterocycles. The lowest BCUT2D eigenvalue weighted by Crippen LogP contribution is -2.40. The van der Waals surface area contributed by atoms with Gasteiger partial charge in [-0.25, -0.2) is 0 Å². The number of nitrogens with one attached hydrogen (secondary N) is 2. The Balaban J connectivity index is 1.80. The van der Waals surface area contributed by atoms with Crippen molar-refractivity contribution >= 4 is 34.2 Å². The van der Waals surface area contributed by atoms with Gasteiger partial charge in [-0.1, -0.05) is 61.9 Å². The molecule has 1 atom stereocenters. The first-order valence-electron chi connectivity index (χ1n) is 9.09. The lowest BCUT2D eigenvalue weighted by molar-refractivity contribution is -0.114. The minimum Gasteiger partial charge on any atom is -0.323 e. The van der Waals surface area contributed by atoms with E-state index >= 15 is 0 Å². The SMILES string of the molecule is CCCCCN=C1NN=C(c2ccccc2)[C@H](C(=O)Nc2cccnc2)S1. The van der Waals surface area contributed by atoms with E-state index in [-0.39, 0.29) is 5.91 Å². The topological polar surface area (TPSA) is 78.7 Å². The summed E-state index contributed by atoms with van der Waals surface area (Å²) in [6, 6.07) is 13.3. The van der Waals surface area contributed by atoms with Crippen LogP contribution >= 0.6 is 11.8 Å². The van der Waals surface area contributed by atoms with E-state index < -0.39 is 5.25 Å². The molecule has 2 heterocycles. The zero-order valence-electron chi connectivity index (χ0n) is 15.3. The highest BCUT2D eigenvalue weighted by Gasteiger charge is 2.31. The molecule has 0 fully saturated rings. The average molecular weight is 382 g/mol. The van der Waals surface area contributed by atoms with Gasteiger partial charge in [0.1, 0.15) is 5.25 Å². The molecule has 27 heavy (non-hydrogen) atoms. The van der Waals surface area contributed by atoms with E-state index in [1.807, 2.05) is 36.4 Å². The fraction of sp³-hybridized carbons (Fsp3) is 0.300. The molecular formula is C20H23N5OS. The molecule has 1 aliphatic rings. The van der Waals surface area contributed by atoms with Crippen molar-refractivity contribution in [3.63, 3.8) is 0 Å². The second-order valence-corrected chi connectivity index (χ2v) is 7.19. The smallest absolute Gasteiger partial charge is 0.244 e. The minimum atomic E-state index is -0.487. The number of benzene rings is 1. The van der Waals surface area contributed by atoms with Crippen LogP contribution in [0, 0.1) is 0 Å². The average Bonchev–Trinajstić information content (AvgIpc) is 2.72. The lowest BCUT2D eigenvalue weighted by Gasteiger charge is -2.23. The molecule has 140 valence electrons. The summed E-state index contributed by atoms with van der Waals surface area (Å²) in [6.07, 6.45) is 6.63. The van der Waals surface area contributed by atoms with Crippen LogP contribution in [0.25, 0.3) is 0 Å². The maximum Gasteiger partial charge on any atom is 0.244 e. The van der Waals surface area contributed by atoms with Crippen molar-refractivity contribution in [3.05, 3.63) is 60.4 Å². The molecule has 7 heteroatoms. The molecule has 1 amide bonds. The van der Waals surface area contributed by atoms with Gasteiger partial charge in [0.25, 0.3) is 0 Å². The van der Waals surface area contributed by atoms with E-state index in [0.29, 0.717) is 16.6 Å². The first-order valence-corrected chi connectivity index (χ1v) is 9.97. The van der Waals surface area contributed by atoms with Crippen LogP contribution in [0.15, 0.2) is 65.0 Å². The van der Waals surface area contributed by atoms with Gasteiger partial charge >= 0.3 is 0 Å². The number of hydrogen-bond acceptors (Lipinski definition) is 5. The zero-order valence-corrected chi connectivity index (χ0v) is 16.1. The Morgan fingerprint density at radius 3 is 2.81 bits per heavy atom. The van der Waals surface area contributed by atoms with Crippen LogP contribution in [0.1, 0.15) is 31.7 Å². The maximum atomic E-state index is 12.9. The molecule has 1 aliphatic heterocycles. The monoisotopic (exact) mass is 381 g/mol. The predicted molar refractivity (Wildman–Crippen MR) is 112 cm³/mol.